The molecular weight excluding hydrogens is 215 g/mol. The first-order chi connectivity index (χ1) is 8.06. The van der Waals surface area contributed by atoms with Crippen molar-refractivity contribution in [2.24, 2.45) is 17.4 Å². The van der Waals surface area contributed by atoms with E-state index in [0.29, 0.717) is 0 Å². The third-order valence-corrected chi connectivity index (χ3v) is 3.39. The van der Waals surface area contributed by atoms with E-state index in [-0.39, 0.29) is 23.8 Å². The highest BCUT2D eigenvalue weighted by Crippen LogP contribution is 2.23. The van der Waals surface area contributed by atoms with E-state index in [4.69, 9.17) is 11.5 Å². The summed E-state index contributed by atoms with van der Waals surface area (Å²) >= 11 is 0. The molecule has 0 aliphatic heterocycles. The number of unbranched alkanes of at least 4 members (excludes halogenated alkanes) is 1. The van der Waals surface area contributed by atoms with Crippen molar-refractivity contribution in [1.29, 1.82) is 0 Å². The molecule has 0 heterocycles. The van der Waals surface area contributed by atoms with Gasteiger partial charge in [0.05, 0.1) is 0 Å². The molecule has 0 amide bonds. The van der Waals surface area contributed by atoms with E-state index in [9.17, 15) is 4.39 Å². The van der Waals surface area contributed by atoms with Gasteiger partial charge in [-0.3, -0.25) is 0 Å². The molecule has 96 valence electrons. The fraction of sp³-hybridized carbons (Fsp3) is 0.571. The van der Waals surface area contributed by atoms with Crippen LogP contribution in [0, 0.1) is 11.7 Å². The molecule has 0 aliphatic carbocycles. The van der Waals surface area contributed by atoms with Crippen molar-refractivity contribution < 1.29 is 4.39 Å². The van der Waals surface area contributed by atoms with Gasteiger partial charge in [0, 0.05) is 12.1 Å². The number of benzene rings is 1. The second-order valence-electron chi connectivity index (χ2n) is 4.74. The fourth-order valence-electron chi connectivity index (χ4n) is 1.96. The summed E-state index contributed by atoms with van der Waals surface area (Å²) in [6.45, 7) is 4.21. The zero-order valence-corrected chi connectivity index (χ0v) is 10.7. The number of nitrogens with two attached hydrogens (primary N) is 2. The molecule has 0 saturated carbocycles. The summed E-state index contributed by atoms with van der Waals surface area (Å²) in [6.07, 6.45) is 3.26. The van der Waals surface area contributed by atoms with Gasteiger partial charge >= 0.3 is 0 Å². The van der Waals surface area contributed by atoms with Crippen LogP contribution in [-0.4, -0.2) is 6.04 Å². The van der Waals surface area contributed by atoms with Crippen molar-refractivity contribution in [3.05, 3.63) is 35.6 Å². The van der Waals surface area contributed by atoms with Crippen molar-refractivity contribution in [1.82, 2.24) is 0 Å². The maximum absolute atomic E-state index is 12.8. The quantitative estimate of drug-likeness (QED) is 0.800. The molecule has 1 aromatic rings. The molecule has 0 bridgehead atoms. The Balaban J connectivity index is 2.62. The number of halogens is 1. The summed E-state index contributed by atoms with van der Waals surface area (Å²) in [4.78, 5) is 0. The van der Waals surface area contributed by atoms with Gasteiger partial charge in [0.25, 0.3) is 0 Å². The first kappa shape index (κ1) is 14.1. The summed E-state index contributed by atoms with van der Waals surface area (Å²) in [6, 6.07) is 6.35. The highest BCUT2D eigenvalue weighted by molar-refractivity contribution is 5.20. The summed E-state index contributed by atoms with van der Waals surface area (Å²) in [5, 5.41) is 0. The third kappa shape index (κ3) is 4.10. The predicted octanol–water partition coefficient (Wildman–Crippen LogP) is 2.98. The minimum Gasteiger partial charge on any atom is -0.327 e. The fourth-order valence-corrected chi connectivity index (χ4v) is 1.96. The van der Waals surface area contributed by atoms with E-state index in [0.717, 1.165) is 24.8 Å². The van der Waals surface area contributed by atoms with Gasteiger partial charge < -0.3 is 11.5 Å². The lowest BCUT2D eigenvalue weighted by atomic mass is 9.87. The smallest absolute Gasteiger partial charge is 0.123 e. The molecule has 1 rings (SSSR count). The summed E-state index contributed by atoms with van der Waals surface area (Å²) in [5.74, 6) is -0.0316. The average molecular weight is 238 g/mol. The molecule has 0 fully saturated rings. The zero-order valence-electron chi connectivity index (χ0n) is 10.7. The first-order valence-corrected chi connectivity index (χ1v) is 6.33. The van der Waals surface area contributed by atoms with E-state index in [1.165, 1.54) is 12.1 Å². The van der Waals surface area contributed by atoms with E-state index >= 15 is 0 Å². The molecule has 17 heavy (non-hydrogen) atoms. The maximum atomic E-state index is 12.8. The van der Waals surface area contributed by atoms with Crippen molar-refractivity contribution in [3.8, 4) is 0 Å². The number of hydrogen-bond acceptors (Lipinski definition) is 2. The molecule has 0 aromatic heterocycles. The Morgan fingerprint density at radius 3 is 2.29 bits per heavy atom. The van der Waals surface area contributed by atoms with Crippen LogP contribution in [-0.2, 0) is 0 Å². The molecule has 0 saturated heterocycles. The van der Waals surface area contributed by atoms with Crippen LogP contribution in [0.4, 0.5) is 4.39 Å². The van der Waals surface area contributed by atoms with Crippen LogP contribution in [0.2, 0.25) is 0 Å². The van der Waals surface area contributed by atoms with Gasteiger partial charge in [0.15, 0.2) is 0 Å². The molecule has 2 nitrogen and oxygen atoms in total. The Bertz CT molecular complexity index is 323. The lowest BCUT2D eigenvalue weighted by molar-refractivity contribution is 0.361. The average Bonchev–Trinajstić information content (AvgIpc) is 2.35. The monoisotopic (exact) mass is 238 g/mol. The summed E-state index contributed by atoms with van der Waals surface area (Å²) in [7, 11) is 0. The molecule has 3 unspecified atom stereocenters. The maximum Gasteiger partial charge on any atom is 0.123 e. The lowest BCUT2D eigenvalue weighted by Crippen LogP contribution is -2.35. The topological polar surface area (TPSA) is 52.0 Å². The van der Waals surface area contributed by atoms with Gasteiger partial charge in [-0.2, -0.15) is 0 Å². The Labute approximate surface area is 103 Å². The van der Waals surface area contributed by atoms with Crippen LogP contribution in [0.3, 0.4) is 0 Å². The van der Waals surface area contributed by atoms with Crippen molar-refractivity contribution >= 4 is 0 Å². The van der Waals surface area contributed by atoms with Crippen LogP contribution in [0.25, 0.3) is 0 Å². The first-order valence-electron chi connectivity index (χ1n) is 6.33. The van der Waals surface area contributed by atoms with E-state index in [1.54, 1.807) is 12.1 Å². The van der Waals surface area contributed by atoms with E-state index in [1.807, 2.05) is 0 Å². The molecule has 3 heteroatoms. The Morgan fingerprint density at radius 1 is 1.18 bits per heavy atom. The largest absolute Gasteiger partial charge is 0.327 e. The number of rotatable bonds is 6. The van der Waals surface area contributed by atoms with Crippen LogP contribution in [0.15, 0.2) is 24.3 Å². The van der Waals surface area contributed by atoms with Gasteiger partial charge in [0.2, 0.25) is 0 Å². The van der Waals surface area contributed by atoms with Crippen molar-refractivity contribution in [2.45, 2.75) is 45.2 Å². The second kappa shape index (κ2) is 6.72. The lowest BCUT2D eigenvalue weighted by Gasteiger charge is -2.26. The Hall–Kier alpha value is -0.930. The molecule has 0 spiro atoms. The van der Waals surface area contributed by atoms with Crippen molar-refractivity contribution in [2.75, 3.05) is 0 Å². The Morgan fingerprint density at radius 2 is 1.76 bits per heavy atom. The SMILES string of the molecule is CCCCC(N)C(C)C(N)c1ccc(F)cc1. The zero-order chi connectivity index (χ0) is 12.8. The normalized spacial score (nSPS) is 16.5. The predicted molar refractivity (Wildman–Crippen MR) is 70.0 cm³/mol. The van der Waals surface area contributed by atoms with Gasteiger partial charge in [-0.15, -0.1) is 0 Å². The van der Waals surface area contributed by atoms with Gasteiger partial charge in [-0.1, -0.05) is 38.8 Å². The van der Waals surface area contributed by atoms with Crippen LogP contribution in [0.5, 0.6) is 0 Å². The molecule has 4 N–H and O–H groups in total. The van der Waals surface area contributed by atoms with E-state index < -0.39 is 0 Å². The summed E-state index contributed by atoms with van der Waals surface area (Å²) < 4.78 is 12.8. The molecule has 1 aromatic carbocycles. The molecule has 0 radical (unpaired) electrons. The van der Waals surface area contributed by atoms with E-state index in [2.05, 4.69) is 13.8 Å². The minimum absolute atomic E-state index is 0.106. The van der Waals surface area contributed by atoms with Crippen LogP contribution in [0.1, 0.15) is 44.7 Å². The van der Waals surface area contributed by atoms with Crippen LogP contribution >= 0.6 is 0 Å². The van der Waals surface area contributed by atoms with Gasteiger partial charge in [0.1, 0.15) is 5.82 Å². The third-order valence-electron chi connectivity index (χ3n) is 3.39. The number of hydrogen-bond donors (Lipinski definition) is 2. The molecule has 0 aliphatic rings. The molecule has 3 atom stereocenters. The van der Waals surface area contributed by atoms with Gasteiger partial charge in [-0.05, 0) is 30.0 Å². The summed E-state index contributed by atoms with van der Waals surface area (Å²) in [5.41, 5.74) is 13.2. The highest BCUT2D eigenvalue weighted by atomic mass is 19.1. The second-order valence-corrected chi connectivity index (χ2v) is 4.74. The standard InChI is InChI=1S/C14H23FN2/c1-3-4-5-13(16)10(2)14(17)11-6-8-12(15)9-7-11/h6-10,13-14H,3-5,16-17H2,1-2H3. The minimum atomic E-state index is -0.233. The highest BCUT2D eigenvalue weighted by Gasteiger charge is 2.20. The van der Waals surface area contributed by atoms with Crippen molar-refractivity contribution in [3.63, 3.8) is 0 Å². The van der Waals surface area contributed by atoms with Gasteiger partial charge in [-0.25, -0.2) is 4.39 Å². The molecular formula is C14H23FN2. The Kier molecular flexibility index (Phi) is 5.59. The van der Waals surface area contributed by atoms with Crippen LogP contribution < -0.4 is 11.5 Å².